The molecule has 3 aromatic rings. The Morgan fingerprint density at radius 2 is 1.96 bits per heavy atom. The molecule has 0 aliphatic heterocycles. The van der Waals surface area contributed by atoms with E-state index in [9.17, 15) is 4.79 Å². The van der Waals surface area contributed by atoms with Crippen LogP contribution in [0.1, 0.15) is 61.7 Å². The summed E-state index contributed by atoms with van der Waals surface area (Å²) in [5, 5.41) is 7.41. The van der Waals surface area contributed by atoms with Gasteiger partial charge in [-0.1, -0.05) is 19.9 Å². The number of aromatic amines is 1. The lowest BCUT2D eigenvalue weighted by atomic mass is 10.0. The van der Waals surface area contributed by atoms with Crippen LogP contribution in [0.25, 0.3) is 11.0 Å². The van der Waals surface area contributed by atoms with E-state index in [2.05, 4.69) is 40.3 Å². The van der Waals surface area contributed by atoms with Crippen molar-refractivity contribution in [1.29, 1.82) is 0 Å². The lowest BCUT2D eigenvalue weighted by Crippen LogP contribution is -2.32. The van der Waals surface area contributed by atoms with Crippen LogP contribution in [0.4, 0.5) is 0 Å². The fraction of sp³-hybridized carbons (Fsp3) is 0.421. The van der Waals surface area contributed by atoms with Crippen molar-refractivity contribution in [2.75, 3.05) is 0 Å². The van der Waals surface area contributed by atoms with E-state index in [1.54, 1.807) is 10.7 Å². The van der Waals surface area contributed by atoms with E-state index < -0.39 is 0 Å². The molecule has 1 aromatic carbocycles. The summed E-state index contributed by atoms with van der Waals surface area (Å²) in [7, 11) is 0. The highest BCUT2D eigenvalue weighted by Crippen LogP contribution is 2.23. The van der Waals surface area contributed by atoms with Crippen LogP contribution in [-0.2, 0) is 0 Å². The van der Waals surface area contributed by atoms with Crippen molar-refractivity contribution in [3.05, 3.63) is 47.5 Å². The summed E-state index contributed by atoms with van der Waals surface area (Å²) in [5.41, 5.74) is 3.49. The van der Waals surface area contributed by atoms with E-state index in [4.69, 9.17) is 0 Å². The lowest BCUT2D eigenvalue weighted by Gasteiger charge is -2.19. The van der Waals surface area contributed by atoms with Crippen molar-refractivity contribution >= 4 is 16.9 Å². The molecule has 6 nitrogen and oxygen atoms in total. The average molecular weight is 339 g/mol. The predicted molar refractivity (Wildman–Crippen MR) is 98.5 cm³/mol. The number of nitrogens with zero attached hydrogens (tertiary/aromatic N) is 3. The van der Waals surface area contributed by atoms with Crippen LogP contribution in [0.2, 0.25) is 0 Å². The van der Waals surface area contributed by atoms with Crippen LogP contribution < -0.4 is 5.32 Å². The first kappa shape index (κ1) is 17.2. The number of benzene rings is 1. The quantitative estimate of drug-likeness (QED) is 0.743. The number of aryl methyl sites for hydroxylation is 1. The molecule has 2 N–H and O–H groups in total. The molecule has 1 atom stereocenters. The molecule has 0 fully saturated rings. The Bertz CT molecular complexity index is 890. The Kier molecular flexibility index (Phi) is 4.61. The summed E-state index contributed by atoms with van der Waals surface area (Å²) in [6.45, 7) is 10.2. The first-order valence-corrected chi connectivity index (χ1v) is 8.67. The van der Waals surface area contributed by atoms with Crippen molar-refractivity contribution < 1.29 is 4.79 Å². The average Bonchev–Trinajstić information content (AvgIpc) is 3.18. The molecule has 25 heavy (non-hydrogen) atoms. The van der Waals surface area contributed by atoms with Crippen molar-refractivity contribution in [3.63, 3.8) is 0 Å². The largest absolute Gasteiger partial charge is 0.340 e. The fourth-order valence-corrected chi connectivity index (χ4v) is 2.80. The molecular formula is C19H25N5O. The summed E-state index contributed by atoms with van der Waals surface area (Å²) in [6.07, 6.45) is 1.83. The molecule has 3 rings (SSSR count). The number of amides is 1. The molecule has 0 saturated carbocycles. The van der Waals surface area contributed by atoms with Gasteiger partial charge in [0.2, 0.25) is 0 Å². The second-order valence-corrected chi connectivity index (χ2v) is 7.11. The number of rotatable bonds is 5. The molecule has 0 unspecified atom stereocenters. The highest BCUT2D eigenvalue weighted by molar-refractivity contribution is 5.92. The van der Waals surface area contributed by atoms with Crippen LogP contribution >= 0.6 is 0 Å². The van der Waals surface area contributed by atoms with Gasteiger partial charge in [-0.25, -0.2) is 4.98 Å². The normalized spacial score (nSPS) is 12.9. The molecule has 2 heterocycles. The van der Waals surface area contributed by atoms with Gasteiger partial charge in [-0.3, -0.25) is 9.48 Å². The number of fused-ring (bicyclic) bond motifs is 1. The highest BCUT2D eigenvalue weighted by Gasteiger charge is 2.23. The smallest absolute Gasteiger partial charge is 0.272 e. The monoisotopic (exact) mass is 339 g/mol. The lowest BCUT2D eigenvalue weighted by molar-refractivity contribution is 0.0917. The zero-order valence-electron chi connectivity index (χ0n) is 15.4. The van der Waals surface area contributed by atoms with Gasteiger partial charge in [0.25, 0.3) is 5.91 Å². The summed E-state index contributed by atoms with van der Waals surface area (Å²) in [6, 6.07) is 7.86. The van der Waals surface area contributed by atoms with Crippen molar-refractivity contribution in [3.8, 4) is 0 Å². The first-order chi connectivity index (χ1) is 11.8. The predicted octanol–water partition coefficient (Wildman–Crippen LogP) is 3.78. The molecule has 132 valence electrons. The minimum absolute atomic E-state index is 0.185. The highest BCUT2D eigenvalue weighted by atomic mass is 16.2. The van der Waals surface area contributed by atoms with Gasteiger partial charge in [0, 0.05) is 12.2 Å². The number of hydrogen-bond acceptors (Lipinski definition) is 3. The van der Waals surface area contributed by atoms with Crippen LogP contribution in [0.3, 0.4) is 0 Å². The molecule has 6 heteroatoms. The topological polar surface area (TPSA) is 75.6 Å². The van der Waals surface area contributed by atoms with Gasteiger partial charge in [-0.2, -0.15) is 5.10 Å². The maximum absolute atomic E-state index is 12.6. The summed E-state index contributed by atoms with van der Waals surface area (Å²) in [5.74, 6) is 0.778. The molecule has 0 radical (unpaired) electrons. The molecule has 0 aliphatic carbocycles. The molecule has 0 bridgehead atoms. The Morgan fingerprint density at radius 1 is 1.20 bits per heavy atom. The second kappa shape index (κ2) is 6.70. The van der Waals surface area contributed by atoms with E-state index in [1.807, 2.05) is 39.1 Å². The summed E-state index contributed by atoms with van der Waals surface area (Å²) >= 11 is 0. The van der Waals surface area contributed by atoms with Crippen molar-refractivity contribution in [2.45, 2.75) is 46.7 Å². The maximum Gasteiger partial charge on any atom is 0.272 e. The van der Waals surface area contributed by atoms with Crippen LogP contribution in [0.5, 0.6) is 0 Å². The number of H-pyrrole nitrogens is 1. The van der Waals surface area contributed by atoms with E-state index in [1.165, 1.54) is 5.56 Å². The summed E-state index contributed by atoms with van der Waals surface area (Å²) < 4.78 is 1.78. The molecule has 0 aliphatic rings. The number of carbonyl (C=O) groups excluding carboxylic acids is 1. The molecular weight excluding hydrogens is 314 g/mol. The third-order valence-corrected chi connectivity index (χ3v) is 4.27. The first-order valence-electron chi connectivity index (χ1n) is 8.67. The minimum atomic E-state index is -0.204. The standard InChI is InChI=1S/C19H25N5O/c1-11(2)17(18-20-14-7-6-13(5)10-16(14)21-18)22-19(25)15-8-9-24(23-15)12(3)4/h6-12,17H,1-5H3,(H,20,21)(H,22,25)/t17-/m1/s1. The Hall–Kier alpha value is -2.63. The van der Waals surface area contributed by atoms with E-state index in [-0.39, 0.29) is 23.9 Å². The van der Waals surface area contributed by atoms with Gasteiger partial charge < -0.3 is 10.3 Å². The van der Waals surface area contributed by atoms with Crippen LogP contribution in [-0.4, -0.2) is 25.7 Å². The van der Waals surface area contributed by atoms with E-state index >= 15 is 0 Å². The number of aromatic nitrogens is 4. The minimum Gasteiger partial charge on any atom is -0.340 e. The van der Waals surface area contributed by atoms with Gasteiger partial charge >= 0.3 is 0 Å². The zero-order chi connectivity index (χ0) is 18.1. The second-order valence-electron chi connectivity index (χ2n) is 7.11. The third-order valence-electron chi connectivity index (χ3n) is 4.27. The molecule has 0 spiro atoms. The van der Waals surface area contributed by atoms with Crippen LogP contribution in [0.15, 0.2) is 30.5 Å². The number of imidazole rings is 1. The number of nitrogens with one attached hydrogen (secondary N) is 2. The van der Waals surface area contributed by atoms with E-state index in [0.717, 1.165) is 16.9 Å². The molecule has 1 amide bonds. The van der Waals surface area contributed by atoms with Gasteiger partial charge in [-0.05, 0) is 50.5 Å². The van der Waals surface area contributed by atoms with Gasteiger partial charge in [0.1, 0.15) is 11.5 Å². The Morgan fingerprint density at radius 3 is 2.60 bits per heavy atom. The van der Waals surface area contributed by atoms with Crippen LogP contribution in [0, 0.1) is 12.8 Å². The molecule has 2 aromatic heterocycles. The van der Waals surface area contributed by atoms with Crippen molar-refractivity contribution in [2.24, 2.45) is 5.92 Å². The number of carbonyl (C=O) groups is 1. The van der Waals surface area contributed by atoms with E-state index in [0.29, 0.717) is 5.69 Å². The van der Waals surface area contributed by atoms with Gasteiger partial charge in [0.15, 0.2) is 0 Å². The number of hydrogen-bond donors (Lipinski definition) is 2. The molecule has 0 saturated heterocycles. The fourth-order valence-electron chi connectivity index (χ4n) is 2.80. The SMILES string of the molecule is Cc1ccc2nc([C@H](NC(=O)c3ccn(C(C)C)n3)C(C)C)[nH]c2c1. The van der Waals surface area contributed by atoms with Gasteiger partial charge in [0.05, 0.1) is 17.1 Å². The Balaban J connectivity index is 1.85. The zero-order valence-corrected chi connectivity index (χ0v) is 15.4. The van der Waals surface area contributed by atoms with Gasteiger partial charge in [-0.15, -0.1) is 0 Å². The maximum atomic E-state index is 12.6. The third kappa shape index (κ3) is 3.57. The van der Waals surface area contributed by atoms with Crippen molar-refractivity contribution in [1.82, 2.24) is 25.1 Å². The summed E-state index contributed by atoms with van der Waals surface area (Å²) in [4.78, 5) is 20.6. The Labute approximate surface area is 147 Å².